The summed E-state index contributed by atoms with van der Waals surface area (Å²) in [5.41, 5.74) is 5.70. The Balaban J connectivity index is 3.00. The number of carbonyl (C=O) groups is 2. The molecule has 1 rings (SSSR count). The number of anilines is 1. The Morgan fingerprint density at radius 3 is 2.69 bits per heavy atom. The monoisotopic (exact) mass is 240 g/mol. The van der Waals surface area contributed by atoms with Gasteiger partial charge in [0.2, 0.25) is 5.91 Å². The standard InChI is InChI=1S/C11H13ClN2O2/c1-2-4-9(15)14-8-6-3-5-7(12)10(8)11(13)16/h3,5-6H,2,4H2,1H3,(H2,13,16)(H,14,15). The number of benzene rings is 1. The van der Waals surface area contributed by atoms with E-state index in [1.165, 1.54) is 0 Å². The fraction of sp³-hybridized carbons (Fsp3) is 0.273. The van der Waals surface area contributed by atoms with Crippen molar-refractivity contribution in [2.24, 2.45) is 5.73 Å². The number of nitrogens with one attached hydrogen (secondary N) is 1. The van der Waals surface area contributed by atoms with Gasteiger partial charge < -0.3 is 11.1 Å². The minimum atomic E-state index is -0.655. The molecule has 1 aromatic rings. The normalized spacial score (nSPS) is 9.88. The molecular formula is C11H13ClN2O2. The highest BCUT2D eigenvalue weighted by atomic mass is 35.5. The molecule has 0 aliphatic heterocycles. The number of amides is 2. The summed E-state index contributed by atoms with van der Waals surface area (Å²) in [6.07, 6.45) is 1.13. The van der Waals surface area contributed by atoms with Gasteiger partial charge in [0.15, 0.2) is 0 Å². The molecule has 0 aliphatic rings. The van der Waals surface area contributed by atoms with Gasteiger partial charge in [-0.1, -0.05) is 24.6 Å². The molecule has 2 amide bonds. The van der Waals surface area contributed by atoms with Crippen LogP contribution in [0.4, 0.5) is 5.69 Å². The molecule has 0 radical (unpaired) electrons. The van der Waals surface area contributed by atoms with E-state index in [-0.39, 0.29) is 16.5 Å². The second-order valence-corrected chi connectivity index (χ2v) is 3.73. The Labute approximate surface area is 98.8 Å². The molecule has 0 aromatic heterocycles. The third kappa shape index (κ3) is 2.97. The summed E-state index contributed by atoms with van der Waals surface area (Å²) in [6.45, 7) is 1.90. The van der Waals surface area contributed by atoms with E-state index < -0.39 is 5.91 Å². The average molecular weight is 241 g/mol. The van der Waals surface area contributed by atoms with Crippen LogP contribution in [0, 0.1) is 0 Å². The predicted octanol–water partition coefficient (Wildman–Crippen LogP) is 2.18. The predicted molar refractivity (Wildman–Crippen MR) is 63.5 cm³/mol. The van der Waals surface area contributed by atoms with Crippen molar-refractivity contribution in [2.75, 3.05) is 5.32 Å². The van der Waals surface area contributed by atoms with Gasteiger partial charge in [-0.25, -0.2) is 0 Å². The molecule has 0 fully saturated rings. The van der Waals surface area contributed by atoms with Crippen molar-refractivity contribution in [1.82, 2.24) is 0 Å². The van der Waals surface area contributed by atoms with Gasteiger partial charge in [0.05, 0.1) is 16.3 Å². The number of nitrogens with two attached hydrogens (primary N) is 1. The van der Waals surface area contributed by atoms with Crippen molar-refractivity contribution in [2.45, 2.75) is 19.8 Å². The van der Waals surface area contributed by atoms with Gasteiger partial charge in [0.25, 0.3) is 5.91 Å². The smallest absolute Gasteiger partial charge is 0.252 e. The number of rotatable bonds is 4. The fourth-order valence-electron chi connectivity index (χ4n) is 1.32. The molecule has 4 nitrogen and oxygen atoms in total. The van der Waals surface area contributed by atoms with Crippen molar-refractivity contribution in [1.29, 1.82) is 0 Å². The van der Waals surface area contributed by atoms with Crippen LogP contribution in [0.3, 0.4) is 0 Å². The Hall–Kier alpha value is -1.55. The van der Waals surface area contributed by atoms with Crippen LogP contribution in [0.1, 0.15) is 30.1 Å². The first-order valence-electron chi connectivity index (χ1n) is 4.94. The molecule has 0 saturated carbocycles. The summed E-state index contributed by atoms with van der Waals surface area (Å²) in [4.78, 5) is 22.6. The zero-order valence-corrected chi connectivity index (χ0v) is 9.67. The maximum atomic E-state index is 11.4. The fourth-order valence-corrected chi connectivity index (χ4v) is 1.59. The first-order chi connectivity index (χ1) is 7.56. The number of hydrogen-bond acceptors (Lipinski definition) is 2. The highest BCUT2D eigenvalue weighted by Crippen LogP contribution is 2.23. The van der Waals surface area contributed by atoms with Gasteiger partial charge in [0, 0.05) is 6.42 Å². The average Bonchev–Trinajstić information content (AvgIpc) is 2.17. The summed E-state index contributed by atoms with van der Waals surface area (Å²) < 4.78 is 0. The summed E-state index contributed by atoms with van der Waals surface area (Å²) >= 11 is 5.83. The maximum absolute atomic E-state index is 11.4. The lowest BCUT2D eigenvalue weighted by molar-refractivity contribution is -0.116. The Bertz CT molecular complexity index is 418. The molecular weight excluding hydrogens is 228 g/mol. The van der Waals surface area contributed by atoms with Crippen LogP contribution in [0.25, 0.3) is 0 Å². The van der Waals surface area contributed by atoms with Gasteiger partial charge >= 0.3 is 0 Å². The Morgan fingerprint density at radius 1 is 1.44 bits per heavy atom. The quantitative estimate of drug-likeness (QED) is 0.847. The Morgan fingerprint density at radius 2 is 2.12 bits per heavy atom. The molecule has 0 saturated heterocycles. The van der Waals surface area contributed by atoms with E-state index >= 15 is 0 Å². The minimum absolute atomic E-state index is 0.147. The second kappa shape index (κ2) is 5.51. The van der Waals surface area contributed by atoms with Gasteiger partial charge in [-0.05, 0) is 18.6 Å². The van der Waals surface area contributed by atoms with E-state index in [1.807, 2.05) is 6.92 Å². The lowest BCUT2D eigenvalue weighted by Crippen LogP contribution is -2.18. The van der Waals surface area contributed by atoms with Gasteiger partial charge in [0.1, 0.15) is 0 Å². The summed E-state index contributed by atoms with van der Waals surface area (Å²) in [5, 5.41) is 2.85. The van der Waals surface area contributed by atoms with Crippen molar-refractivity contribution in [3.05, 3.63) is 28.8 Å². The van der Waals surface area contributed by atoms with Crippen LogP contribution in [0.15, 0.2) is 18.2 Å². The minimum Gasteiger partial charge on any atom is -0.365 e. The lowest BCUT2D eigenvalue weighted by atomic mass is 10.1. The molecule has 1 aromatic carbocycles. The van der Waals surface area contributed by atoms with E-state index in [0.29, 0.717) is 12.1 Å². The highest BCUT2D eigenvalue weighted by Gasteiger charge is 2.13. The van der Waals surface area contributed by atoms with Gasteiger partial charge in [-0.15, -0.1) is 0 Å². The molecule has 5 heteroatoms. The number of carbonyl (C=O) groups excluding carboxylic acids is 2. The van der Waals surface area contributed by atoms with Crippen molar-refractivity contribution >= 4 is 29.1 Å². The summed E-state index contributed by atoms with van der Waals surface area (Å²) in [6, 6.07) is 4.80. The topological polar surface area (TPSA) is 72.2 Å². The molecule has 0 unspecified atom stereocenters. The molecule has 0 heterocycles. The zero-order valence-electron chi connectivity index (χ0n) is 8.92. The first kappa shape index (κ1) is 12.5. The third-order valence-electron chi connectivity index (χ3n) is 2.01. The Kier molecular flexibility index (Phi) is 4.31. The van der Waals surface area contributed by atoms with Crippen LogP contribution < -0.4 is 11.1 Å². The molecule has 0 aliphatic carbocycles. The van der Waals surface area contributed by atoms with E-state index in [4.69, 9.17) is 17.3 Å². The van der Waals surface area contributed by atoms with Gasteiger partial charge in [-0.2, -0.15) is 0 Å². The lowest BCUT2D eigenvalue weighted by Gasteiger charge is -2.09. The molecule has 16 heavy (non-hydrogen) atoms. The van der Waals surface area contributed by atoms with E-state index in [2.05, 4.69) is 5.32 Å². The van der Waals surface area contributed by atoms with E-state index in [0.717, 1.165) is 6.42 Å². The van der Waals surface area contributed by atoms with Crippen molar-refractivity contribution < 1.29 is 9.59 Å². The molecule has 0 spiro atoms. The second-order valence-electron chi connectivity index (χ2n) is 3.32. The zero-order chi connectivity index (χ0) is 12.1. The molecule has 0 atom stereocenters. The largest absolute Gasteiger partial charge is 0.365 e. The van der Waals surface area contributed by atoms with Crippen molar-refractivity contribution in [3.8, 4) is 0 Å². The van der Waals surface area contributed by atoms with Crippen LogP contribution >= 0.6 is 11.6 Å². The van der Waals surface area contributed by atoms with Gasteiger partial charge in [-0.3, -0.25) is 9.59 Å². The maximum Gasteiger partial charge on any atom is 0.252 e. The summed E-state index contributed by atoms with van der Waals surface area (Å²) in [5.74, 6) is -0.815. The van der Waals surface area contributed by atoms with Crippen LogP contribution in [-0.4, -0.2) is 11.8 Å². The summed E-state index contributed by atoms with van der Waals surface area (Å²) in [7, 11) is 0. The molecule has 0 bridgehead atoms. The van der Waals surface area contributed by atoms with E-state index in [1.54, 1.807) is 18.2 Å². The van der Waals surface area contributed by atoms with Crippen LogP contribution in [-0.2, 0) is 4.79 Å². The molecule has 86 valence electrons. The van der Waals surface area contributed by atoms with Crippen molar-refractivity contribution in [3.63, 3.8) is 0 Å². The molecule has 3 N–H and O–H groups in total. The van der Waals surface area contributed by atoms with Crippen LogP contribution in [0.2, 0.25) is 5.02 Å². The SMILES string of the molecule is CCCC(=O)Nc1cccc(Cl)c1C(N)=O. The highest BCUT2D eigenvalue weighted by molar-refractivity contribution is 6.34. The van der Waals surface area contributed by atoms with Crippen LogP contribution in [0.5, 0.6) is 0 Å². The number of primary amides is 1. The first-order valence-corrected chi connectivity index (χ1v) is 5.32. The number of hydrogen-bond donors (Lipinski definition) is 2. The van der Waals surface area contributed by atoms with E-state index in [9.17, 15) is 9.59 Å². The third-order valence-corrected chi connectivity index (χ3v) is 2.33. The number of halogens is 1.